The molecule has 1 atom stereocenters. The number of aromatic nitrogens is 1. The lowest BCUT2D eigenvalue weighted by atomic mass is 9.77. The van der Waals surface area contributed by atoms with Gasteiger partial charge in [0.2, 0.25) is 0 Å². The summed E-state index contributed by atoms with van der Waals surface area (Å²) < 4.78 is 13.3. The molecule has 1 aliphatic carbocycles. The van der Waals surface area contributed by atoms with Gasteiger partial charge in [-0.1, -0.05) is 24.3 Å². The summed E-state index contributed by atoms with van der Waals surface area (Å²) >= 11 is 0. The third-order valence-electron chi connectivity index (χ3n) is 3.24. The van der Waals surface area contributed by atoms with Crippen molar-refractivity contribution in [2.24, 2.45) is 0 Å². The molecular weight excluding hydrogens is 215 g/mol. The maximum Gasteiger partial charge on any atom is 0.165 e. The number of rotatable bonds is 3. The van der Waals surface area contributed by atoms with E-state index in [1.54, 1.807) is 12.3 Å². The first-order valence-corrected chi connectivity index (χ1v) is 5.77. The smallest absolute Gasteiger partial charge is 0.165 e. The van der Waals surface area contributed by atoms with Gasteiger partial charge in [-0.15, -0.1) is 0 Å². The maximum absolute atomic E-state index is 13.3. The van der Waals surface area contributed by atoms with E-state index in [9.17, 15) is 4.39 Å². The third kappa shape index (κ3) is 1.88. The minimum absolute atomic E-state index is 0.292. The number of benzene rings is 1. The predicted molar refractivity (Wildman–Crippen MR) is 65.6 cm³/mol. The number of anilines is 1. The van der Waals surface area contributed by atoms with Crippen molar-refractivity contribution in [1.29, 1.82) is 0 Å². The Hall–Kier alpha value is -1.90. The number of nitrogens with one attached hydrogen (secondary N) is 1. The highest BCUT2D eigenvalue weighted by atomic mass is 19.1. The highest BCUT2D eigenvalue weighted by Crippen LogP contribution is 2.34. The van der Waals surface area contributed by atoms with E-state index in [0.29, 0.717) is 11.7 Å². The normalized spacial score (nSPS) is 17.1. The van der Waals surface area contributed by atoms with Crippen molar-refractivity contribution in [3.63, 3.8) is 0 Å². The molecule has 0 amide bonds. The second-order valence-corrected chi connectivity index (χ2v) is 4.31. The fourth-order valence-corrected chi connectivity index (χ4v) is 2.28. The second kappa shape index (κ2) is 4.17. The molecule has 0 aliphatic heterocycles. The van der Waals surface area contributed by atoms with Gasteiger partial charge in [0.15, 0.2) is 11.6 Å². The van der Waals surface area contributed by atoms with Gasteiger partial charge in [-0.3, -0.25) is 0 Å². The molecule has 0 saturated carbocycles. The monoisotopic (exact) mass is 228 g/mol. The van der Waals surface area contributed by atoms with Gasteiger partial charge >= 0.3 is 0 Å². The zero-order valence-corrected chi connectivity index (χ0v) is 9.36. The molecule has 2 nitrogen and oxygen atoms in total. The van der Waals surface area contributed by atoms with Crippen molar-refractivity contribution in [2.75, 3.05) is 11.9 Å². The van der Waals surface area contributed by atoms with E-state index in [0.717, 1.165) is 13.0 Å². The molecule has 2 aromatic rings. The van der Waals surface area contributed by atoms with Crippen molar-refractivity contribution >= 4 is 5.82 Å². The lowest BCUT2D eigenvalue weighted by Gasteiger charge is -2.30. The zero-order chi connectivity index (χ0) is 11.7. The van der Waals surface area contributed by atoms with Crippen molar-refractivity contribution in [2.45, 2.75) is 12.3 Å². The van der Waals surface area contributed by atoms with Crippen molar-refractivity contribution in [3.05, 3.63) is 59.5 Å². The molecule has 3 heteroatoms. The Labute approximate surface area is 99.5 Å². The zero-order valence-electron chi connectivity index (χ0n) is 9.36. The Morgan fingerprint density at radius 2 is 2.12 bits per heavy atom. The van der Waals surface area contributed by atoms with Gasteiger partial charge in [0.05, 0.1) is 0 Å². The van der Waals surface area contributed by atoms with Crippen molar-refractivity contribution in [1.82, 2.24) is 4.98 Å². The Bertz CT molecular complexity index is 539. The average molecular weight is 228 g/mol. The molecule has 0 saturated heterocycles. The lowest BCUT2D eigenvalue weighted by Crippen LogP contribution is -2.24. The van der Waals surface area contributed by atoms with E-state index >= 15 is 0 Å². The molecule has 17 heavy (non-hydrogen) atoms. The van der Waals surface area contributed by atoms with Crippen LogP contribution in [0.2, 0.25) is 0 Å². The first kappa shape index (κ1) is 10.3. The van der Waals surface area contributed by atoms with E-state index in [2.05, 4.69) is 28.5 Å². The fraction of sp³-hybridized carbons (Fsp3) is 0.214. The fourth-order valence-electron chi connectivity index (χ4n) is 2.28. The van der Waals surface area contributed by atoms with Gasteiger partial charge in [0.1, 0.15) is 0 Å². The maximum atomic E-state index is 13.3. The van der Waals surface area contributed by atoms with Crippen LogP contribution in [-0.2, 0) is 6.42 Å². The molecule has 1 aromatic carbocycles. The summed E-state index contributed by atoms with van der Waals surface area (Å²) in [5.41, 5.74) is 2.78. The third-order valence-corrected chi connectivity index (χ3v) is 3.24. The van der Waals surface area contributed by atoms with E-state index in [1.165, 1.54) is 17.2 Å². The van der Waals surface area contributed by atoms with Gasteiger partial charge in [-0.2, -0.15) is 0 Å². The van der Waals surface area contributed by atoms with Gasteiger partial charge in [-0.05, 0) is 29.7 Å². The first-order chi connectivity index (χ1) is 8.34. The quantitative estimate of drug-likeness (QED) is 0.873. The Morgan fingerprint density at radius 1 is 1.24 bits per heavy atom. The highest BCUT2D eigenvalue weighted by Gasteiger charge is 2.25. The number of fused-ring (bicyclic) bond motifs is 1. The number of nitrogens with zero attached hydrogens (tertiary/aromatic N) is 1. The van der Waals surface area contributed by atoms with Crippen LogP contribution in [0.4, 0.5) is 10.2 Å². The first-order valence-electron chi connectivity index (χ1n) is 5.77. The summed E-state index contributed by atoms with van der Waals surface area (Å²) in [6, 6.07) is 11.4. The summed E-state index contributed by atoms with van der Waals surface area (Å²) in [4.78, 5) is 3.98. The van der Waals surface area contributed by atoms with Crippen molar-refractivity contribution in [3.8, 4) is 0 Å². The number of halogens is 1. The molecule has 1 unspecified atom stereocenters. The lowest BCUT2D eigenvalue weighted by molar-refractivity contribution is 0.609. The molecule has 86 valence electrons. The molecule has 0 radical (unpaired) electrons. The number of pyridine rings is 1. The van der Waals surface area contributed by atoms with Crippen LogP contribution in [-0.4, -0.2) is 11.5 Å². The minimum Gasteiger partial charge on any atom is -0.367 e. The summed E-state index contributed by atoms with van der Waals surface area (Å²) in [5, 5.41) is 3.07. The van der Waals surface area contributed by atoms with Crippen LogP contribution in [0.5, 0.6) is 0 Å². The standard InChI is InChI=1S/C14H13FN2/c15-13-6-3-7-16-14(13)17-9-11-8-10-4-1-2-5-12(10)11/h1-7,11H,8-9H2,(H,16,17). The molecule has 0 bridgehead atoms. The SMILES string of the molecule is Fc1cccnc1NCC1Cc2ccccc21. The van der Waals surface area contributed by atoms with Crippen LogP contribution < -0.4 is 5.32 Å². The number of hydrogen-bond acceptors (Lipinski definition) is 2. The van der Waals surface area contributed by atoms with Crippen LogP contribution in [0.15, 0.2) is 42.6 Å². The van der Waals surface area contributed by atoms with Crippen LogP contribution in [0, 0.1) is 5.82 Å². The average Bonchev–Trinajstić information content (AvgIpc) is 2.32. The Morgan fingerprint density at radius 3 is 2.94 bits per heavy atom. The molecule has 0 spiro atoms. The van der Waals surface area contributed by atoms with Crippen LogP contribution in [0.25, 0.3) is 0 Å². The molecule has 1 aliphatic rings. The molecule has 0 fully saturated rings. The van der Waals surface area contributed by atoms with Gasteiger partial charge in [-0.25, -0.2) is 9.37 Å². The van der Waals surface area contributed by atoms with Crippen LogP contribution in [0.1, 0.15) is 17.0 Å². The molecule has 1 N–H and O–H groups in total. The number of hydrogen-bond donors (Lipinski definition) is 1. The molecule has 3 rings (SSSR count). The topological polar surface area (TPSA) is 24.9 Å². The van der Waals surface area contributed by atoms with Gasteiger partial charge in [0, 0.05) is 18.7 Å². The van der Waals surface area contributed by atoms with E-state index in [4.69, 9.17) is 0 Å². The Kier molecular flexibility index (Phi) is 2.52. The van der Waals surface area contributed by atoms with Crippen molar-refractivity contribution < 1.29 is 4.39 Å². The summed E-state index contributed by atoms with van der Waals surface area (Å²) in [5.74, 6) is 0.532. The predicted octanol–water partition coefficient (Wildman–Crippen LogP) is 2.97. The van der Waals surface area contributed by atoms with E-state index in [1.807, 2.05) is 6.07 Å². The molecule has 1 aromatic heterocycles. The van der Waals surface area contributed by atoms with E-state index < -0.39 is 0 Å². The molecular formula is C14H13FN2. The summed E-state index contributed by atoms with van der Waals surface area (Å²) in [6.45, 7) is 0.741. The Balaban J connectivity index is 1.66. The van der Waals surface area contributed by atoms with Gasteiger partial charge < -0.3 is 5.32 Å². The molecule has 1 heterocycles. The largest absolute Gasteiger partial charge is 0.367 e. The second-order valence-electron chi connectivity index (χ2n) is 4.31. The van der Waals surface area contributed by atoms with E-state index in [-0.39, 0.29) is 5.82 Å². The van der Waals surface area contributed by atoms with Crippen LogP contribution >= 0.6 is 0 Å². The van der Waals surface area contributed by atoms with Crippen LogP contribution in [0.3, 0.4) is 0 Å². The van der Waals surface area contributed by atoms with Gasteiger partial charge in [0.25, 0.3) is 0 Å². The summed E-state index contributed by atoms with van der Waals surface area (Å²) in [7, 11) is 0. The summed E-state index contributed by atoms with van der Waals surface area (Å²) in [6.07, 6.45) is 2.66. The highest BCUT2D eigenvalue weighted by molar-refractivity contribution is 5.43. The minimum atomic E-state index is -0.292.